The first-order valence-corrected chi connectivity index (χ1v) is 12.7. The molecular formula is C22H24Cl4N4O10. The van der Waals surface area contributed by atoms with Crippen molar-refractivity contribution in [1.82, 2.24) is 10.6 Å². The highest BCUT2D eigenvalue weighted by Crippen LogP contribution is 2.22. The van der Waals surface area contributed by atoms with Crippen LogP contribution in [0.25, 0.3) is 0 Å². The number of aliphatic hydroxyl groups is 4. The van der Waals surface area contributed by atoms with Crippen LogP contribution in [0, 0.1) is 20.2 Å². The Hall–Kier alpha value is -2.82. The van der Waals surface area contributed by atoms with Gasteiger partial charge in [-0.15, -0.1) is 0 Å². The van der Waals surface area contributed by atoms with E-state index in [9.17, 15) is 40.0 Å². The summed E-state index contributed by atoms with van der Waals surface area (Å²) in [6.07, 6.45) is -2.51. The van der Waals surface area contributed by atoms with Gasteiger partial charge in [-0.3, -0.25) is 29.8 Å². The molecule has 0 fully saturated rings. The molecule has 14 nitrogen and oxygen atoms in total. The van der Waals surface area contributed by atoms with Gasteiger partial charge in [0, 0.05) is 24.3 Å². The van der Waals surface area contributed by atoms with Crippen LogP contribution in [0.1, 0.15) is 23.3 Å². The number of nitro benzene ring substituents is 2. The summed E-state index contributed by atoms with van der Waals surface area (Å²) in [6.45, 7) is -1.10. The van der Waals surface area contributed by atoms with Crippen molar-refractivity contribution in [2.75, 3.05) is 13.2 Å². The van der Waals surface area contributed by atoms with Crippen molar-refractivity contribution in [2.24, 2.45) is 0 Å². The number of carbonyl (C=O) groups excluding carboxylic acids is 2. The van der Waals surface area contributed by atoms with E-state index in [1.807, 2.05) is 0 Å². The van der Waals surface area contributed by atoms with Crippen LogP contribution >= 0.6 is 46.4 Å². The Bertz CT molecular complexity index is 1050. The van der Waals surface area contributed by atoms with Crippen molar-refractivity contribution >= 4 is 69.6 Å². The van der Waals surface area contributed by atoms with E-state index in [0.717, 1.165) is 0 Å². The first-order chi connectivity index (χ1) is 18.7. The van der Waals surface area contributed by atoms with E-state index >= 15 is 0 Å². The highest BCUT2D eigenvalue weighted by Gasteiger charge is 2.26. The maximum Gasteiger partial charge on any atom is 0.269 e. The number of amides is 2. The van der Waals surface area contributed by atoms with Crippen LogP contribution < -0.4 is 10.6 Å². The van der Waals surface area contributed by atoms with Gasteiger partial charge in [-0.05, 0) is 35.4 Å². The molecule has 220 valence electrons. The molecule has 2 aromatic carbocycles. The predicted octanol–water partition coefficient (Wildman–Crippen LogP) is 1.82. The molecule has 0 bridgehead atoms. The lowest BCUT2D eigenvalue weighted by Gasteiger charge is -2.22. The largest absolute Gasteiger partial charge is 0.394 e. The number of rotatable bonds is 12. The van der Waals surface area contributed by atoms with Gasteiger partial charge in [-0.2, -0.15) is 0 Å². The molecule has 0 spiro atoms. The molecule has 4 atom stereocenters. The standard InChI is InChI=1S/2C11H12Cl2N2O5/c2*12-10(13)11(18)14-8(5-16)9(17)6-1-3-7(4-2-6)15(19)20/h2*1-4,8-10,16-17H,5H2,(H,14,18). The maximum atomic E-state index is 11.3. The van der Waals surface area contributed by atoms with Crippen LogP contribution in [-0.4, -0.2) is 77.1 Å². The fourth-order valence-electron chi connectivity index (χ4n) is 2.99. The fourth-order valence-corrected chi connectivity index (χ4v) is 3.24. The lowest BCUT2D eigenvalue weighted by molar-refractivity contribution is -0.385. The minimum Gasteiger partial charge on any atom is -0.394 e. The Kier molecular flexibility index (Phi) is 15.0. The molecule has 0 aromatic heterocycles. The second-order valence-electron chi connectivity index (χ2n) is 7.78. The van der Waals surface area contributed by atoms with Crippen molar-refractivity contribution in [2.45, 2.75) is 34.0 Å². The average Bonchev–Trinajstić information content (AvgIpc) is 2.93. The third-order valence-electron chi connectivity index (χ3n) is 5.10. The molecule has 2 amide bonds. The quantitative estimate of drug-likeness (QED) is 0.111. The Labute approximate surface area is 246 Å². The number of nitro groups is 2. The van der Waals surface area contributed by atoms with Gasteiger partial charge in [0.1, 0.15) is 12.2 Å². The molecule has 0 heterocycles. The zero-order valence-electron chi connectivity index (χ0n) is 20.1. The van der Waals surface area contributed by atoms with Crippen LogP contribution in [0.5, 0.6) is 0 Å². The first kappa shape index (κ1) is 35.2. The van der Waals surface area contributed by atoms with E-state index < -0.39 is 68.8 Å². The average molecular weight is 646 g/mol. The van der Waals surface area contributed by atoms with E-state index in [-0.39, 0.29) is 11.4 Å². The number of carbonyl (C=O) groups is 2. The topological polar surface area (TPSA) is 225 Å². The molecule has 0 aliphatic heterocycles. The smallest absolute Gasteiger partial charge is 0.269 e. The molecule has 4 unspecified atom stereocenters. The number of hydrogen-bond donors (Lipinski definition) is 6. The predicted molar refractivity (Wildman–Crippen MR) is 145 cm³/mol. The molecule has 6 N–H and O–H groups in total. The zero-order valence-corrected chi connectivity index (χ0v) is 23.2. The summed E-state index contributed by atoms with van der Waals surface area (Å²) < 4.78 is 0. The minimum atomic E-state index is -1.33. The summed E-state index contributed by atoms with van der Waals surface area (Å²) in [4.78, 5) is 39.8. The number of halogens is 4. The molecule has 0 saturated carbocycles. The summed E-state index contributed by atoms with van der Waals surface area (Å²) >= 11 is 21.4. The van der Waals surface area contributed by atoms with E-state index in [1.54, 1.807) is 0 Å². The second kappa shape index (κ2) is 17.1. The summed E-state index contributed by atoms with van der Waals surface area (Å²) in [5, 5.41) is 63.9. The lowest BCUT2D eigenvalue weighted by Crippen LogP contribution is -2.44. The molecule has 40 heavy (non-hydrogen) atoms. The monoisotopic (exact) mass is 644 g/mol. The van der Waals surface area contributed by atoms with Crippen LogP contribution in [0.2, 0.25) is 0 Å². The van der Waals surface area contributed by atoms with Crippen molar-refractivity contribution < 1.29 is 39.9 Å². The van der Waals surface area contributed by atoms with Gasteiger partial charge in [-0.25, -0.2) is 0 Å². The third-order valence-corrected chi connectivity index (χ3v) is 5.89. The molecule has 0 saturated heterocycles. The number of aliphatic hydroxyl groups excluding tert-OH is 4. The number of benzene rings is 2. The molecule has 18 heteroatoms. The highest BCUT2D eigenvalue weighted by molar-refractivity contribution is 6.53. The number of nitrogens with zero attached hydrogens (tertiary/aromatic N) is 2. The van der Waals surface area contributed by atoms with E-state index in [4.69, 9.17) is 56.6 Å². The number of nitrogens with one attached hydrogen (secondary N) is 2. The van der Waals surface area contributed by atoms with E-state index in [2.05, 4.69) is 10.6 Å². The van der Waals surface area contributed by atoms with Gasteiger partial charge in [0.2, 0.25) is 0 Å². The SMILES string of the molecule is O=C(NC(CO)C(O)c1ccc([N+](=O)[O-])cc1)C(Cl)Cl.O=C(NC(CO)C(O)c1ccc([N+](=O)[O-])cc1)C(Cl)Cl. The van der Waals surface area contributed by atoms with Gasteiger partial charge in [0.05, 0.1) is 35.1 Å². The Morgan fingerprint density at radius 1 is 0.675 bits per heavy atom. The Balaban J connectivity index is 0.000000400. The Morgan fingerprint density at radius 2 is 0.950 bits per heavy atom. The third kappa shape index (κ3) is 11.0. The van der Waals surface area contributed by atoms with Crippen LogP contribution in [0.4, 0.5) is 11.4 Å². The highest BCUT2D eigenvalue weighted by atomic mass is 35.5. The van der Waals surface area contributed by atoms with Crippen molar-refractivity contribution in [3.05, 3.63) is 79.9 Å². The molecule has 0 aliphatic carbocycles. The Morgan fingerprint density at radius 3 is 1.15 bits per heavy atom. The lowest BCUT2D eigenvalue weighted by atomic mass is 10.0. The van der Waals surface area contributed by atoms with Crippen molar-refractivity contribution in [1.29, 1.82) is 0 Å². The normalized spacial score (nSPS) is 13.8. The molecule has 0 aliphatic rings. The van der Waals surface area contributed by atoms with Crippen LogP contribution in [0.3, 0.4) is 0 Å². The maximum absolute atomic E-state index is 11.3. The van der Waals surface area contributed by atoms with Gasteiger partial charge in [0.15, 0.2) is 9.67 Å². The first-order valence-electron chi connectivity index (χ1n) is 11.0. The van der Waals surface area contributed by atoms with Gasteiger partial charge >= 0.3 is 0 Å². The van der Waals surface area contributed by atoms with E-state index in [1.165, 1.54) is 48.5 Å². The summed E-state index contributed by atoms with van der Waals surface area (Å²) in [6, 6.07) is 8.11. The molecular weight excluding hydrogens is 622 g/mol. The van der Waals surface area contributed by atoms with Gasteiger partial charge in [0.25, 0.3) is 23.2 Å². The van der Waals surface area contributed by atoms with Crippen molar-refractivity contribution in [3.63, 3.8) is 0 Å². The number of alkyl halides is 4. The number of non-ortho nitro benzene ring substituents is 2. The summed E-state index contributed by atoms with van der Waals surface area (Å²) in [7, 11) is 0. The van der Waals surface area contributed by atoms with Gasteiger partial charge in [-0.1, -0.05) is 46.4 Å². The molecule has 2 rings (SSSR count). The number of hydrogen-bond acceptors (Lipinski definition) is 10. The zero-order chi connectivity index (χ0) is 30.6. The van der Waals surface area contributed by atoms with Crippen molar-refractivity contribution in [3.8, 4) is 0 Å². The molecule has 0 radical (unpaired) electrons. The fraction of sp³-hybridized carbons (Fsp3) is 0.364. The summed E-state index contributed by atoms with van der Waals surface area (Å²) in [5.41, 5.74) is 0.338. The molecule has 2 aromatic rings. The van der Waals surface area contributed by atoms with Crippen LogP contribution in [-0.2, 0) is 9.59 Å². The van der Waals surface area contributed by atoms with Crippen LogP contribution in [0.15, 0.2) is 48.5 Å². The van der Waals surface area contributed by atoms with Gasteiger partial charge < -0.3 is 31.1 Å². The second-order valence-corrected chi connectivity index (χ2v) is 9.98. The van der Waals surface area contributed by atoms with E-state index in [0.29, 0.717) is 11.1 Å². The summed E-state index contributed by atoms with van der Waals surface area (Å²) in [5.74, 6) is -1.51. The minimum absolute atomic E-state index is 0.132.